The molecule has 0 rings (SSSR count). The maximum absolute atomic E-state index is 4.83. The van der Waals surface area contributed by atoms with Gasteiger partial charge in [0.1, 0.15) is 13.2 Å². The minimum absolute atomic E-state index is 0.509. The van der Waals surface area contributed by atoms with Gasteiger partial charge in [0.05, 0.1) is 31.6 Å². The quantitative estimate of drug-likeness (QED) is 0.324. The second-order valence-electron chi connectivity index (χ2n) is 1.94. The fourth-order valence-corrected chi connectivity index (χ4v) is 0.513. The Morgan fingerprint density at radius 3 is 1.85 bits per heavy atom. The van der Waals surface area contributed by atoms with Crippen molar-refractivity contribution in [1.82, 2.24) is 0 Å². The molecule has 4 heteroatoms. The van der Waals surface area contributed by atoms with Crippen LogP contribution in [0.25, 0.3) is 0 Å². The predicted molar refractivity (Wildman–Crippen MR) is 51.9 cm³/mol. The van der Waals surface area contributed by atoms with Crippen LogP contribution in [-0.4, -0.2) is 32.3 Å². The molecule has 0 heterocycles. The Labute approximate surface area is 78.3 Å². The van der Waals surface area contributed by atoms with Crippen molar-refractivity contribution in [3.63, 3.8) is 0 Å². The predicted octanol–water partition coefficient (Wildman–Crippen LogP) is 1.48. The summed E-state index contributed by atoms with van der Waals surface area (Å²) in [5, 5.41) is 0. The molecule has 4 nitrogen and oxygen atoms in total. The SMILES string of the molecule is C=COCCN=C=NCCOC=C. The molecule has 0 aromatic carbocycles. The maximum Gasteiger partial charge on any atom is 0.108 e. The van der Waals surface area contributed by atoms with Crippen molar-refractivity contribution in [3.05, 3.63) is 25.7 Å². The first-order valence-corrected chi connectivity index (χ1v) is 3.94. The Morgan fingerprint density at radius 1 is 1.00 bits per heavy atom. The fourth-order valence-electron chi connectivity index (χ4n) is 0.513. The van der Waals surface area contributed by atoms with E-state index in [1.807, 2.05) is 0 Å². The average molecular weight is 182 g/mol. The van der Waals surface area contributed by atoms with Gasteiger partial charge in [0.25, 0.3) is 0 Å². The summed E-state index contributed by atoms with van der Waals surface area (Å²) in [5.74, 6) is 0. The smallest absolute Gasteiger partial charge is 0.108 e. The van der Waals surface area contributed by atoms with E-state index in [0.29, 0.717) is 26.3 Å². The molecule has 0 aliphatic rings. The van der Waals surface area contributed by atoms with Crippen molar-refractivity contribution in [2.75, 3.05) is 26.3 Å². The monoisotopic (exact) mass is 182 g/mol. The van der Waals surface area contributed by atoms with Gasteiger partial charge in [0, 0.05) is 0 Å². The van der Waals surface area contributed by atoms with Gasteiger partial charge in [-0.15, -0.1) is 0 Å². The summed E-state index contributed by atoms with van der Waals surface area (Å²) in [6.45, 7) is 8.89. The highest BCUT2D eigenvalue weighted by Crippen LogP contribution is 1.76. The van der Waals surface area contributed by atoms with Gasteiger partial charge in [-0.2, -0.15) is 0 Å². The second-order valence-corrected chi connectivity index (χ2v) is 1.94. The van der Waals surface area contributed by atoms with Crippen LogP contribution in [0.3, 0.4) is 0 Å². The van der Waals surface area contributed by atoms with Gasteiger partial charge in [-0.25, -0.2) is 9.98 Å². The lowest BCUT2D eigenvalue weighted by atomic mass is 10.7. The van der Waals surface area contributed by atoms with E-state index in [0.717, 1.165) is 0 Å². The molecule has 13 heavy (non-hydrogen) atoms. The minimum atomic E-state index is 0.509. The largest absolute Gasteiger partial charge is 0.500 e. The molecule has 72 valence electrons. The molecule has 0 saturated heterocycles. The summed E-state index contributed by atoms with van der Waals surface area (Å²) in [4.78, 5) is 7.67. The van der Waals surface area contributed by atoms with Crippen LogP contribution in [0.2, 0.25) is 0 Å². The van der Waals surface area contributed by atoms with Crippen LogP contribution in [-0.2, 0) is 9.47 Å². The molecular formula is C9H14N2O2. The van der Waals surface area contributed by atoms with Gasteiger partial charge < -0.3 is 9.47 Å². The zero-order valence-electron chi connectivity index (χ0n) is 7.61. The topological polar surface area (TPSA) is 43.2 Å². The molecule has 0 saturated carbocycles. The first-order chi connectivity index (χ1) is 6.41. The van der Waals surface area contributed by atoms with Gasteiger partial charge in [-0.3, -0.25) is 0 Å². The highest BCUT2D eigenvalue weighted by Gasteiger charge is 1.78. The van der Waals surface area contributed by atoms with Crippen LogP contribution in [0, 0.1) is 0 Å². The van der Waals surface area contributed by atoms with E-state index in [1.165, 1.54) is 12.5 Å². The Morgan fingerprint density at radius 2 is 1.46 bits per heavy atom. The Balaban J connectivity index is 3.25. The lowest BCUT2D eigenvalue weighted by Gasteiger charge is -1.92. The van der Waals surface area contributed by atoms with Crippen molar-refractivity contribution < 1.29 is 9.47 Å². The van der Waals surface area contributed by atoms with Gasteiger partial charge in [0.15, 0.2) is 0 Å². The number of nitrogens with zero attached hydrogens (tertiary/aromatic N) is 2. The third-order valence-corrected chi connectivity index (χ3v) is 1.02. The van der Waals surface area contributed by atoms with Crippen molar-refractivity contribution in [2.45, 2.75) is 0 Å². The normalized spacial score (nSPS) is 8.00. The molecule has 0 aliphatic heterocycles. The van der Waals surface area contributed by atoms with Crippen molar-refractivity contribution >= 4 is 6.01 Å². The maximum atomic E-state index is 4.83. The molecule has 0 aromatic heterocycles. The fraction of sp³-hybridized carbons (Fsp3) is 0.444. The summed E-state index contributed by atoms with van der Waals surface area (Å²) < 4.78 is 9.66. The van der Waals surface area contributed by atoms with Gasteiger partial charge in [0.2, 0.25) is 0 Å². The molecule has 0 atom stereocenters. The van der Waals surface area contributed by atoms with E-state index in [4.69, 9.17) is 9.47 Å². The number of hydrogen-bond donors (Lipinski definition) is 0. The van der Waals surface area contributed by atoms with E-state index in [1.54, 1.807) is 0 Å². The summed E-state index contributed by atoms with van der Waals surface area (Å²) in [7, 11) is 0. The summed E-state index contributed by atoms with van der Waals surface area (Å²) >= 11 is 0. The van der Waals surface area contributed by atoms with Crippen LogP contribution in [0.1, 0.15) is 0 Å². The number of ether oxygens (including phenoxy) is 2. The summed E-state index contributed by atoms with van der Waals surface area (Å²) in [6, 6.07) is 2.52. The Kier molecular flexibility index (Phi) is 9.22. The molecule has 0 spiro atoms. The first-order valence-electron chi connectivity index (χ1n) is 3.94. The lowest BCUT2D eigenvalue weighted by Crippen LogP contribution is -1.92. The van der Waals surface area contributed by atoms with E-state index >= 15 is 0 Å². The lowest BCUT2D eigenvalue weighted by molar-refractivity contribution is 0.260. The van der Waals surface area contributed by atoms with Crippen molar-refractivity contribution in [3.8, 4) is 0 Å². The number of aliphatic imine (C=N–C) groups is 2. The summed E-state index contributed by atoms with van der Waals surface area (Å²) in [5.41, 5.74) is 0. The van der Waals surface area contributed by atoms with Gasteiger partial charge in [-0.05, 0) is 0 Å². The molecule has 0 radical (unpaired) electrons. The zero-order valence-corrected chi connectivity index (χ0v) is 7.61. The number of hydrogen-bond acceptors (Lipinski definition) is 4. The molecule has 0 bridgehead atoms. The third kappa shape index (κ3) is 10.5. The van der Waals surface area contributed by atoms with E-state index in [9.17, 15) is 0 Å². The van der Waals surface area contributed by atoms with E-state index in [-0.39, 0.29) is 0 Å². The molecule has 0 fully saturated rings. The molecule has 0 aliphatic carbocycles. The van der Waals surface area contributed by atoms with Gasteiger partial charge >= 0.3 is 0 Å². The molecule has 0 aromatic rings. The number of rotatable bonds is 8. The van der Waals surface area contributed by atoms with Crippen LogP contribution in [0.15, 0.2) is 35.7 Å². The molecule has 0 N–H and O–H groups in total. The summed E-state index contributed by atoms with van der Waals surface area (Å²) in [6.07, 6.45) is 2.76. The van der Waals surface area contributed by atoms with E-state index < -0.39 is 0 Å². The highest BCUT2D eigenvalue weighted by atomic mass is 16.5. The Bertz CT molecular complexity index is 178. The van der Waals surface area contributed by atoms with Crippen LogP contribution in [0.5, 0.6) is 0 Å². The molecule has 0 amide bonds. The van der Waals surface area contributed by atoms with Crippen molar-refractivity contribution in [1.29, 1.82) is 0 Å². The second kappa shape index (κ2) is 10.5. The van der Waals surface area contributed by atoms with E-state index in [2.05, 4.69) is 29.2 Å². The standard InChI is InChI=1S/C9H14N2O2/c1-3-12-7-5-10-9-11-6-8-13-4-2/h3-4H,1-2,5-8H2. The zero-order chi connectivity index (χ0) is 9.78. The third-order valence-electron chi connectivity index (χ3n) is 1.02. The van der Waals surface area contributed by atoms with Crippen LogP contribution < -0.4 is 0 Å². The first kappa shape index (κ1) is 11.5. The average Bonchev–Trinajstić information content (AvgIpc) is 2.16. The minimum Gasteiger partial charge on any atom is -0.500 e. The molecular weight excluding hydrogens is 168 g/mol. The van der Waals surface area contributed by atoms with Crippen molar-refractivity contribution in [2.24, 2.45) is 9.98 Å². The van der Waals surface area contributed by atoms with Crippen LogP contribution >= 0.6 is 0 Å². The molecule has 0 unspecified atom stereocenters. The van der Waals surface area contributed by atoms with Crippen LogP contribution in [0.4, 0.5) is 0 Å². The Hall–Kier alpha value is -1.54. The van der Waals surface area contributed by atoms with Gasteiger partial charge in [-0.1, -0.05) is 13.2 Å². The highest BCUT2D eigenvalue weighted by molar-refractivity contribution is 5.40.